The van der Waals surface area contributed by atoms with Crippen molar-refractivity contribution in [3.63, 3.8) is 0 Å². The third-order valence-electron chi connectivity index (χ3n) is 5.54. The van der Waals surface area contributed by atoms with Crippen LogP contribution in [-0.2, 0) is 0 Å². The van der Waals surface area contributed by atoms with Crippen molar-refractivity contribution in [2.24, 2.45) is 0 Å². The number of nitrogens with one attached hydrogen (secondary N) is 2. The molecule has 1 fully saturated rings. The van der Waals surface area contributed by atoms with E-state index in [9.17, 15) is 0 Å². The average Bonchev–Trinajstić information content (AvgIpc) is 2.76. The molecule has 1 saturated heterocycles. The molecule has 0 saturated carbocycles. The van der Waals surface area contributed by atoms with Gasteiger partial charge >= 0.3 is 0 Å². The van der Waals surface area contributed by atoms with Crippen molar-refractivity contribution in [3.05, 3.63) is 42.1 Å². The predicted octanol–water partition coefficient (Wildman–Crippen LogP) is 4.91. The molecule has 0 amide bonds. The highest BCUT2D eigenvalue weighted by Gasteiger charge is 2.11. The Hall–Kier alpha value is -2.63. The van der Waals surface area contributed by atoms with Gasteiger partial charge in [0.15, 0.2) is 5.82 Å². The normalized spacial score (nSPS) is 17.1. The Morgan fingerprint density at radius 3 is 2.61 bits per heavy atom. The molecule has 28 heavy (non-hydrogen) atoms. The first-order valence-corrected chi connectivity index (χ1v) is 10.6. The van der Waals surface area contributed by atoms with Crippen LogP contribution in [0.2, 0.25) is 0 Å². The molecule has 6 heteroatoms. The lowest BCUT2D eigenvalue weighted by atomic mass is 9.97. The zero-order valence-electron chi connectivity index (χ0n) is 16.5. The van der Waals surface area contributed by atoms with Crippen molar-refractivity contribution in [1.29, 1.82) is 0 Å². The second-order valence-corrected chi connectivity index (χ2v) is 7.67. The van der Waals surface area contributed by atoms with Crippen molar-refractivity contribution in [2.45, 2.75) is 51.4 Å². The van der Waals surface area contributed by atoms with Crippen LogP contribution in [0, 0.1) is 0 Å². The summed E-state index contributed by atoms with van der Waals surface area (Å²) in [7, 11) is 0. The van der Waals surface area contributed by atoms with Crippen molar-refractivity contribution in [2.75, 3.05) is 35.2 Å². The number of aromatic nitrogens is 3. The fourth-order valence-corrected chi connectivity index (χ4v) is 3.96. The SMILES string of the molecule is C1=C(CCNc2cnnc(Nc3ccc(N4CCCCC4)cc3)n2)CCCC1. The van der Waals surface area contributed by atoms with Gasteiger partial charge in [-0.25, -0.2) is 0 Å². The van der Waals surface area contributed by atoms with Gasteiger partial charge < -0.3 is 15.5 Å². The third-order valence-corrected chi connectivity index (χ3v) is 5.54. The number of hydrogen-bond acceptors (Lipinski definition) is 6. The molecule has 1 aliphatic carbocycles. The summed E-state index contributed by atoms with van der Waals surface area (Å²) in [6.07, 6.45) is 14.2. The molecule has 0 radical (unpaired) electrons. The van der Waals surface area contributed by atoms with Crippen LogP contribution in [0.25, 0.3) is 0 Å². The Labute approximate surface area is 167 Å². The molecule has 4 rings (SSSR count). The van der Waals surface area contributed by atoms with Gasteiger partial charge in [0.05, 0.1) is 6.20 Å². The molecular formula is C22H30N6. The van der Waals surface area contributed by atoms with Crippen molar-refractivity contribution < 1.29 is 0 Å². The van der Waals surface area contributed by atoms with Crippen molar-refractivity contribution in [1.82, 2.24) is 15.2 Å². The van der Waals surface area contributed by atoms with Crippen LogP contribution in [0.3, 0.4) is 0 Å². The van der Waals surface area contributed by atoms with Gasteiger partial charge in [-0.15, -0.1) is 5.10 Å². The van der Waals surface area contributed by atoms with Gasteiger partial charge in [-0.1, -0.05) is 11.6 Å². The third kappa shape index (κ3) is 5.21. The van der Waals surface area contributed by atoms with E-state index < -0.39 is 0 Å². The molecule has 0 atom stereocenters. The van der Waals surface area contributed by atoms with Crippen LogP contribution in [0.1, 0.15) is 51.4 Å². The van der Waals surface area contributed by atoms with Crippen molar-refractivity contribution >= 4 is 23.1 Å². The summed E-state index contributed by atoms with van der Waals surface area (Å²) >= 11 is 0. The fraction of sp³-hybridized carbons (Fsp3) is 0.500. The van der Waals surface area contributed by atoms with Gasteiger partial charge in [0.1, 0.15) is 0 Å². The molecule has 2 N–H and O–H groups in total. The molecule has 6 nitrogen and oxygen atoms in total. The molecule has 2 aromatic rings. The fourth-order valence-electron chi connectivity index (χ4n) is 3.96. The van der Waals surface area contributed by atoms with E-state index >= 15 is 0 Å². The highest BCUT2D eigenvalue weighted by molar-refractivity contribution is 5.59. The monoisotopic (exact) mass is 378 g/mol. The lowest BCUT2D eigenvalue weighted by molar-refractivity contribution is 0.578. The number of allylic oxidation sites excluding steroid dienone is 1. The van der Waals surface area contributed by atoms with Crippen LogP contribution in [-0.4, -0.2) is 34.8 Å². The van der Waals surface area contributed by atoms with Gasteiger partial charge in [0.2, 0.25) is 5.95 Å². The summed E-state index contributed by atoms with van der Waals surface area (Å²) in [6, 6.07) is 8.51. The Morgan fingerprint density at radius 1 is 0.964 bits per heavy atom. The summed E-state index contributed by atoms with van der Waals surface area (Å²) in [4.78, 5) is 6.99. The molecule has 0 spiro atoms. The zero-order valence-corrected chi connectivity index (χ0v) is 16.5. The van der Waals surface area contributed by atoms with E-state index in [0.29, 0.717) is 5.95 Å². The number of nitrogens with zero attached hydrogens (tertiary/aromatic N) is 4. The lowest BCUT2D eigenvalue weighted by Crippen LogP contribution is -2.29. The minimum atomic E-state index is 0.521. The summed E-state index contributed by atoms with van der Waals surface area (Å²) in [5.41, 5.74) is 3.83. The molecule has 148 valence electrons. The van der Waals surface area contributed by atoms with Gasteiger partial charge in [-0.05, 0) is 75.6 Å². The topological polar surface area (TPSA) is 66.0 Å². The molecule has 0 bridgehead atoms. The predicted molar refractivity (Wildman–Crippen MR) is 115 cm³/mol. The van der Waals surface area contributed by atoms with E-state index in [1.165, 1.54) is 50.6 Å². The average molecular weight is 379 g/mol. The van der Waals surface area contributed by atoms with Crippen LogP contribution in [0.4, 0.5) is 23.1 Å². The molecule has 2 aliphatic rings. The Morgan fingerprint density at radius 2 is 1.82 bits per heavy atom. The first-order valence-electron chi connectivity index (χ1n) is 10.6. The Kier molecular flexibility index (Phi) is 6.37. The lowest BCUT2D eigenvalue weighted by Gasteiger charge is -2.28. The van der Waals surface area contributed by atoms with Gasteiger partial charge in [-0.3, -0.25) is 0 Å². The second kappa shape index (κ2) is 9.53. The van der Waals surface area contributed by atoms with E-state index in [4.69, 9.17) is 0 Å². The number of piperidine rings is 1. The highest BCUT2D eigenvalue weighted by Crippen LogP contribution is 2.23. The molecule has 0 unspecified atom stereocenters. The Balaban J connectivity index is 1.30. The van der Waals surface area contributed by atoms with E-state index in [1.807, 2.05) is 0 Å². The van der Waals surface area contributed by atoms with Gasteiger partial charge in [0, 0.05) is 31.0 Å². The first kappa shape index (κ1) is 18.7. The zero-order chi connectivity index (χ0) is 19.0. The first-order chi connectivity index (χ1) is 13.9. The number of anilines is 4. The van der Waals surface area contributed by atoms with E-state index in [-0.39, 0.29) is 0 Å². The quantitative estimate of drug-likeness (QED) is 0.668. The standard InChI is InChI=1S/C22H30N6/c1-3-7-18(8-4-1)13-14-23-21-17-24-27-22(26-21)25-19-9-11-20(12-10-19)28-15-5-2-6-16-28/h7,9-12,17H,1-6,8,13-16H2,(H2,23,25,26,27). The largest absolute Gasteiger partial charge is 0.372 e. The Bertz CT molecular complexity index is 780. The summed E-state index contributed by atoms with van der Waals surface area (Å²) in [6.45, 7) is 3.20. The van der Waals surface area contributed by atoms with Gasteiger partial charge in [-0.2, -0.15) is 10.1 Å². The summed E-state index contributed by atoms with van der Waals surface area (Å²) in [5.74, 6) is 1.28. The minimum absolute atomic E-state index is 0.521. The second-order valence-electron chi connectivity index (χ2n) is 7.67. The van der Waals surface area contributed by atoms with E-state index in [2.05, 4.69) is 61.1 Å². The van der Waals surface area contributed by atoms with E-state index in [0.717, 1.165) is 37.6 Å². The van der Waals surface area contributed by atoms with Crippen LogP contribution in [0.5, 0.6) is 0 Å². The highest BCUT2D eigenvalue weighted by atomic mass is 15.3. The maximum Gasteiger partial charge on any atom is 0.249 e. The number of rotatable bonds is 7. The van der Waals surface area contributed by atoms with Crippen LogP contribution in [0.15, 0.2) is 42.1 Å². The van der Waals surface area contributed by atoms with Crippen molar-refractivity contribution in [3.8, 4) is 0 Å². The molecule has 1 aromatic carbocycles. The molecule has 1 aromatic heterocycles. The summed E-state index contributed by atoms with van der Waals surface area (Å²) < 4.78 is 0. The van der Waals surface area contributed by atoms with Crippen LogP contribution < -0.4 is 15.5 Å². The van der Waals surface area contributed by atoms with Gasteiger partial charge in [0.25, 0.3) is 0 Å². The van der Waals surface area contributed by atoms with E-state index in [1.54, 1.807) is 11.8 Å². The molecule has 1 aliphatic heterocycles. The number of benzene rings is 1. The number of hydrogen-bond donors (Lipinski definition) is 2. The summed E-state index contributed by atoms with van der Waals surface area (Å²) in [5, 5.41) is 14.8. The maximum absolute atomic E-state index is 4.54. The smallest absolute Gasteiger partial charge is 0.249 e. The molecule has 2 heterocycles. The maximum atomic E-state index is 4.54. The minimum Gasteiger partial charge on any atom is -0.372 e. The molecular weight excluding hydrogens is 348 g/mol. The van der Waals surface area contributed by atoms with Crippen LogP contribution >= 0.6 is 0 Å².